The van der Waals surface area contributed by atoms with Crippen molar-refractivity contribution >= 4 is 17.6 Å². The maximum absolute atomic E-state index is 12.2. The molecule has 0 spiro atoms. The molecule has 0 saturated carbocycles. The van der Waals surface area contributed by atoms with Gasteiger partial charge in [0.2, 0.25) is 0 Å². The molecule has 2 aromatic rings. The summed E-state index contributed by atoms with van der Waals surface area (Å²) in [5.74, 6) is 1.43. The minimum absolute atomic E-state index is 0.0397. The molecule has 26 heavy (non-hydrogen) atoms. The molecule has 0 aromatic heterocycles. The van der Waals surface area contributed by atoms with Crippen molar-refractivity contribution in [2.24, 2.45) is 0 Å². The van der Waals surface area contributed by atoms with E-state index in [1.165, 1.54) is 0 Å². The molecular formula is C19H19ClO6. The average Bonchev–Trinajstić information content (AvgIpc) is 2.66. The highest BCUT2D eigenvalue weighted by atomic mass is 35.5. The Morgan fingerprint density at radius 2 is 1.96 bits per heavy atom. The van der Waals surface area contributed by atoms with Gasteiger partial charge in [-0.05, 0) is 43.3 Å². The lowest BCUT2D eigenvalue weighted by Gasteiger charge is -2.21. The third-order valence-corrected chi connectivity index (χ3v) is 4.04. The van der Waals surface area contributed by atoms with E-state index in [-0.39, 0.29) is 13.4 Å². The molecule has 1 atom stereocenters. The first-order chi connectivity index (χ1) is 12.6. The molecule has 1 aliphatic rings. The number of rotatable bonds is 6. The predicted octanol–water partition coefficient (Wildman–Crippen LogP) is 3.73. The van der Waals surface area contributed by atoms with E-state index in [9.17, 15) is 4.79 Å². The van der Waals surface area contributed by atoms with Gasteiger partial charge < -0.3 is 23.7 Å². The number of hydrogen-bond acceptors (Lipinski definition) is 6. The first kappa shape index (κ1) is 18.4. The fourth-order valence-electron chi connectivity index (χ4n) is 2.54. The van der Waals surface area contributed by atoms with Crippen molar-refractivity contribution in [3.63, 3.8) is 0 Å². The molecule has 1 heterocycles. The minimum atomic E-state index is -0.761. The van der Waals surface area contributed by atoms with Crippen molar-refractivity contribution in [3.05, 3.63) is 52.5 Å². The molecule has 138 valence electrons. The summed E-state index contributed by atoms with van der Waals surface area (Å²) in [7, 11) is 1.58. The van der Waals surface area contributed by atoms with Gasteiger partial charge >= 0.3 is 5.97 Å². The van der Waals surface area contributed by atoms with Crippen molar-refractivity contribution < 1.29 is 28.5 Å². The van der Waals surface area contributed by atoms with Crippen LogP contribution in [0.25, 0.3) is 0 Å². The summed E-state index contributed by atoms with van der Waals surface area (Å²) in [5.41, 5.74) is 1.53. The fraction of sp³-hybridized carbons (Fsp3) is 0.316. The molecule has 0 fully saturated rings. The number of halogens is 1. The van der Waals surface area contributed by atoms with Gasteiger partial charge in [-0.2, -0.15) is 0 Å². The van der Waals surface area contributed by atoms with Gasteiger partial charge in [0.25, 0.3) is 0 Å². The highest BCUT2D eigenvalue weighted by Gasteiger charge is 2.20. The summed E-state index contributed by atoms with van der Waals surface area (Å²) in [6.45, 7) is 2.24. The van der Waals surface area contributed by atoms with Crippen LogP contribution in [0.4, 0.5) is 0 Å². The fourth-order valence-corrected chi connectivity index (χ4v) is 2.80. The van der Waals surface area contributed by atoms with Crippen molar-refractivity contribution in [2.45, 2.75) is 26.2 Å². The average molecular weight is 379 g/mol. The van der Waals surface area contributed by atoms with Crippen LogP contribution in [0.1, 0.15) is 18.1 Å². The Morgan fingerprint density at radius 3 is 2.69 bits per heavy atom. The Morgan fingerprint density at radius 1 is 1.23 bits per heavy atom. The molecule has 1 unspecified atom stereocenters. The van der Waals surface area contributed by atoms with Gasteiger partial charge in [-0.25, -0.2) is 4.79 Å². The van der Waals surface area contributed by atoms with Crippen LogP contribution in [0.5, 0.6) is 17.2 Å². The summed E-state index contributed by atoms with van der Waals surface area (Å²) < 4.78 is 26.8. The summed E-state index contributed by atoms with van der Waals surface area (Å²) >= 11 is 6.11. The van der Waals surface area contributed by atoms with Gasteiger partial charge in [-0.1, -0.05) is 11.6 Å². The van der Waals surface area contributed by atoms with Gasteiger partial charge in [0.15, 0.2) is 12.9 Å². The zero-order valence-electron chi connectivity index (χ0n) is 14.5. The molecule has 6 nitrogen and oxygen atoms in total. The van der Waals surface area contributed by atoms with Crippen molar-refractivity contribution in [1.29, 1.82) is 0 Å². The van der Waals surface area contributed by atoms with Gasteiger partial charge in [0.1, 0.15) is 23.9 Å². The molecule has 7 heteroatoms. The largest absolute Gasteiger partial charge is 0.497 e. The number of benzene rings is 2. The summed E-state index contributed by atoms with van der Waals surface area (Å²) in [4.78, 5) is 12.2. The Hall–Kier alpha value is -2.44. The van der Waals surface area contributed by atoms with E-state index in [2.05, 4.69) is 0 Å². The zero-order chi connectivity index (χ0) is 18.5. The standard InChI is InChI=1S/C19H19ClO6/c1-12(26-17-5-3-16(22-2)4-6-17)19(21)24-10-14-8-15(20)7-13-9-23-11-25-18(13)14/h3-8,12H,9-11H2,1-2H3. The molecule has 0 amide bonds. The molecule has 0 aliphatic carbocycles. The first-order valence-corrected chi connectivity index (χ1v) is 8.44. The lowest BCUT2D eigenvalue weighted by Crippen LogP contribution is -2.26. The van der Waals surface area contributed by atoms with E-state index in [1.54, 1.807) is 50.4 Å². The third kappa shape index (κ3) is 4.39. The number of methoxy groups -OCH3 is 1. The van der Waals surface area contributed by atoms with Gasteiger partial charge in [-0.15, -0.1) is 0 Å². The monoisotopic (exact) mass is 378 g/mol. The van der Waals surface area contributed by atoms with Crippen LogP contribution in [0, 0.1) is 0 Å². The maximum atomic E-state index is 12.2. The quantitative estimate of drug-likeness (QED) is 0.714. The minimum Gasteiger partial charge on any atom is -0.497 e. The first-order valence-electron chi connectivity index (χ1n) is 8.06. The second-order valence-electron chi connectivity index (χ2n) is 5.71. The van der Waals surface area contributed by atoms with E-state index in [0.29, 0.717) is 34.4 Å². The van der Waals surface area contributed by atoms with Crippen LogP contribution >= 0.6 is 11.6 Å². The maximum Gasteiger partial charge on any atom is 0.347 e. The molecule has 1 aliphatic heterocycles. The van der Waals surface area contributed by atoms with Crippen LogP contribution in [0.15, 0.2) is 36.4 Å². The molecule has 2 aromatic carbocycles. The van der Waals surface area contributed by atoms with E-state index in [4.69, 9.17) is 35.3 Å². The molecule has 0 bridgehead atoms. The smallest absolute Gasteiger partial charge is 0.347 e. The molecular weight excluding hydrogens is 360 g/mol. The number of fused-ring (bicyclic) bond motifs is 1. The number of hydrogen-bond donors (Lipinski definition) is 0. The van der Waals surface area contributed by atoms with Crippen LogP contribution in [-0.4, -0.2) is 26.0 Å². The van der Waals surface area contributed by atoms with E-state index in [0.717, 1.165) is 5.56 Å². The van der Waals surface area contributed by atoms with E-state index < -0.39 is 12.1 Å². The molecule has 0 saturated heterocycles. The Labute approximate surface area is 156 Å². The number of ether oxygens (including phenoxy) is 5. The second kappa shape index (κ2) is 8.29. The summed E-state index contributed by atoms with van der Waals surface area (Å²) in [5, 5.41) is 0.534. The normalized spacial score (nSPS) is 14.0. The van der Waals surface area contributed by atoms with E-state index >= 15 is 0 Å². The highest BCUT2D eigenvalue weighted by molar-refractivity contribution is 6.30. The predicted molar refractivity (Wildman–Crippen MR) is 94.6 cm³/mol. The van der Waals surface area contributed by atoms with Crippen molar-refractivity contribution in [3.8, 4) is 17.2 Å². The van der Waals surface area contributed by atoms with Crippen LogP contribution in [0.3, 0.4) is 0 Å². The van der Waals surface area contributed by atoms with Crippen LogP contribution < -0.4 is 14.2 Å². The number of carbonyl (C=O) groups is 1. The molecule has 0 radical (unpaired) electrons. The van der Waals surface area contributed by atoms with Gasteiger partial charge in [0, 0.05) is 16.1 Å². The Balaban J connectivity index is 1.60. The van der Waals surface area contributed by atoms with E-state index in [1.807, 2.05) is 0 Å². The van der Waals surface area contributed by atoms with Gasteiger partial charge in [-0.3, -0.25) is 0 Å². The SMILES string of the molecule is COc1ccc(OC(C)C(=O)OCc2cc(Cl)cc3c2OCOC3)cc1. The third-order valence-electron chi connectivity index (χ3n) is 3.83. The van der Waals surface area contributed by atoms with Gasteiger partial charge in [0.05, 0.1) is 13.7 Å². The molecule has 0 N–H and O–H groups in total. The van der Waals surface area contributed by atoms with Crippen molar-refractivity contribution in [2.75, 3.05) is 13.9 Å². The second-order valence-corrected chi connectivity index (χ2v) is 6.14. The lowest BCUT2D eigenvalue weighted by molar-refractivity contribution is -0.152. The number of carbonyl (C=O) groups excluding carboxylic acids is 1. The highest BCUT2D eigenvalue weighted by Crippen LogP contribution is 2.32. The topological polar surface area (TPSA) is 63.2 Å². The van der Waals surface area contributed by atoms with Crippen LogP contribution in [-0.2, 0) is 27.5 Å². The molecule has 3 rings (SSSR count). The zero-order valence-corrected chi connectivity index (χ0v) is 15.2. The number of esters is 1. The Bertz CT molecular complexity index is 774. The Kier molecular flexibility index (Phi) is 5.85. The van der Waals surface area contributed by atoms with Crippen LogP contribution in [0.2, 0.25) is 5.02 Å². The lowest BCUT2D eigenvalue weighted by atomic mass is 10.1. The summed E-state index contributed by atoms with van der Waals surface area (Å²) in [6.07, 6.45) is -0.761. The summed E-state index contributed by atoms with van der Waals surface area (Å²) in [6, 6.07) is 10.5. The van der Waals surface area contributed by atoms with Crippen molar-refractivity contribution in [1.82, 2.24) is 0 Å².